The highest BCUT2D eigenvalue weighted by molar-refractivity contribution is 6.30. The first kappa shape index (κ1) is 18.0. The van der Waals surface area contributed by atoms with Crippen LogP contribution in [0.25, 0.3) is 10.8 Å². The zero-order chi connectivity index (χ0) is 18.5. The molecule has 132 valence electrons. The summed E-state index contributed by atoms with van der Waals surface area (Å²) in [7, 11) is 0. The van der Waals surface area contributed by atoms with Crippen LogP contribution >= 0.6 is 11.6 Å². The van der Waals surface area contributed by atoms with Crippen molar-refractivity contribution in [3.05, 3.63) is 82.9 Å². The minimum absolute atomic E-state index is 0.206. The van der Waals surface area contributed by atoms with Crippen LogP contribution in [0.2, 0.25) is 5.02 Å². The number of carbonyl (C=O) groups is 2. The van der Waals surface area contributed by atoms with Crippen molar-refractivity contribution in [1.82, 2.24) is 5.32 Å². The number of halogens is 1. The molecule has 26 heavy (non-hydrogen) atoms. The summed E-state index contributed by atoms with van der Waals surface area (Å²) in [6.07, 6.45) is 0. The number of hydrogen-bond donors (Lipinski definition) is 1. The first-order valence-electron chi connectivity index (χ1n) is 8.24. The van der Waals surface area contributed by atoms with E-state index in [1.807, 2.05) is 49.4 Å². The number of carbonyl (C=O) groups excluding carboxylic acids is 2. The van der Waals surface area contributed by atoms with Gasteiger partial charge < -0.3 is 10.1 Å². The van der Waals surface area contributed by atoms with E-state index in [4.69, 9.17) is 16.3 Å². The van der Waals surface area contributed by atoms with Gasteiger partial charge in [-0.1, -0.05) is 54.1 Å². The van der Waals surface area contributed by atoms with Crippen molar-refractivity contribution in [3.63, 3.8) is 0 Å². The summed E-state index contributed by atoms with van der Waals surface area (Å²) >= 11 is 5.78. The van der Waals surface area contributed by atoms with Crippen LogP contribution in [0.15, 0.2) is 66.7 Å². The maximum atomic E-state index is 12.1. The van der Waals surface area contributed by atoms with Crippen LogP contribution in [-0.4, -0.2) is 18.5 Å². The highest BCUT2D eigenvalue weighted by Gasteiger charge is 2.14. The Labute approximate surface area is 156 Å². The molecule has 0 unspecified atom stereocenters. The molecule has 0 aliphatic carbocycles. The molecular formula is C21H18ClNO3. The summed E-state index contributed by atoms with van der Waals surface area (Å²) in [6, 6.07) is 20.1. The van der Waals surface area contributed by atoms with Crippen LogP contribution in [0.1, 0.15) is 28.9 Å². The van der Waals surface area contributed by atoms with Crippen LogP contribution in [0, 0.1) is 0 Å². The summed E-state index contributed by atoms with van der Waals surface area (Å²) in [5.74, 6) is -0.914. The third-order valence-corrected chi connectivity index (χ3v) is 4.33. The van der Waals surface area contributed by atoms with Gasteiger partial charge in [0.15, 0.2) is 6.61 Å². The van der Waals surface area contributed by atoms with E-state index in [2.05, 4.69) is 5.32 Å². The third kappa shape index (κ3) is 4.21. The Morgan fingerprint density at radius 3 is 2.46 bits per heavy atom. The van der Waals surface area contributed by atoms with Crippen molar-refractivity contribution < 1.29 is 14.3 Å². The molecule has 1 amide bonds. The molecule has 0 bridgehead atoms. The molecular weight excluding hydrogens is 350 g/mol. The lowest BCUT2D eigenvalue weighted by molar-refractivity contribution is -0.124. The largest absolute Gasteiger partial charge is 0.452 e. The first-order chi connectivity index (χ1) is 12.5. The molecule has 1 atom stereocenters. The summed E-state index contributed by atoms with van der Waals surface area (Å²) in [5, 5.41) is 5.59. The number of amides is 1. The summed E-state index contributed by atoms with van der Waals surface area (Å²) in [4.78, 5) is 24.1. The molecule has 3 aromatic carbocycles. The predicted molar refractivity (Wildman–Crippen MR) is 102 cm³/mol. The molecule has 0 aliphatic rings. The Balaban J connectivity index is 1.60. The Bertz CT molecular complexity index is 932. The van der Waals surface area contributed by atoms with Gasteiger partial charge in [0.1, 0.15) is 0 Å². The molecule has 0 saturated carbocycles. The molecule has 1 N–H and O–H groups in total. The van der Waals surface area contributed by atoms with Gasteiger partial charge in [-0.05, 0) is 47.5 Å². The van der Waals surface area contributed by atoms with Crippen molar-refractivity contribution in [2.75, 3.05) is 6.61 Å². The van der Waals surface area contributed by atoms with Gasteiger partial charge in [0.25, 0.3) is 5.91 Å². The SMILES string of the molecule is C[C@H](NC(=O)COC(=O)c1ccc(Cl)cc1)c1cccc2ccccc12. The van der Waals surface area contributed by atoms with Gasteiger partial charge in [0.2, 0.25) is 0 Å². The lowest BCUT2D eigenvalue weighted by Gasteiger charge is -2.16. The normalized spacial score (nSPS) is 11.8. The van der Waals surface area contributed by atoms with Crippen LogP contribution < -0.4 is 5.32 Å². The Morgan fingerprint density at radius 1 is 1.00 bits per heavy atom. The number of benzene rings is 3. The van der Waals surface area contributed by atoms with E-state index in [-0.39, 0.29) is 18.6 Å². The van der Waals surface area contributed by atoms with Gasteiger partial charge in [0, 0.05) is 5.02 Å². The van der Waals surface area contributed by atoms with Crippen molar-refractivity contribution in [2.45, 2.75) is 13.0 Å². The van der Waals surface area contributed by atoms with E-state index in [0.29, 0.717) is 10.6 Å². The Hall–Kier alpha value is -2.85. The van der Waals surface area contributed by atoms with Gasteiger partial charge in [-0.15, -0.1) is 0 Å². The minimum atomic E-state index is -0.561. The second-order valence-corrected chi connectivity index (χ2v) is 6.38. The maximum absolute atomic E-state index is 12.1. The first-order valence-corrected chi connectivity index (χ1v) is 8.62. The smallest absolute Gasteiger partial charge is 0.338 e. The molecule has 0 heterocycles. The van der Waals surface area contributed by atoms with Crippen LogP contribution in [0.4, 0.5) is 0 Å². The van der Waals surface area contributed by atoms with Gasteiger partial charge in [-0.2, -0.15) is 0 Å². The van der Waals surface area contributed by atoms with E-state index in [1.54, 1.807) is 24.3 Å². The van der Waals surface area contributed by atoms with E-state index in [1.165, 1.54) is 0 Å². The van der Waals surface area contributed by atoms with E-state index < -0.39 is 5.97 Å². The average molecular weight is 368 g/mol. The van der Waals surface area contributed by atoms with E-state index in [9.17, 15) is 9.59 Å². The van der Waals surface area contributed by atoms with Gasteiger partial charge in [0.05, 0.1) is 11.6 Å². The fraction of sp³-hybridized carbons (Fsp3) is 0.143. The maximum Gasteiger partial charge on any atom is 0.338 e. The highest BCUT2D eigenvalue weighted by Crippen LogP contribution is 2.23. The van der Waals surface area contributed by atoms with Gasteiger partial charge in [-0.25, -0.2) is 4.79 Å². The molecule has 0 aliphatic heterocycles. The molecule has 0 radical (unpaired) electrons. The zero-order valence-corrected chi connectivity index (χ0v) is 15.0. The topological polar surface area (TPSA) is 55.4 Å². The number of esters is 1. The van der Waals surface area contributed by atoms with E-state index in [0.717, 1.165) is 16.3 Å². The van der Waals surface area contributed by atoms with Gasteiger partial charge in [-0.3, -0.25) is 4.79 Å². The van der Waals surface area contributed by atoms with Crippen molar-refractivity contribution in [1.29, 1.82) is 0 Å². The summed E-state index contributed by atoms with van der Waals surface area (Å²) in [5.41, 5.74) is 1.37. The lowest BCUT2D eigenvalue weighted by Crippen LogP contribution is -2.31. The molecule has 3 rings (SSSR count). The Kier molecular flexibility index (Phi) is 5.54. The quantitative estimate of drug-likeness (QED) is 0.674. The predicted octanol–water partition coefficient (Wildman–Crippen LogP) is 4.53. The molecule has 4 nitrogen and oxygen atoms in total. The highest BCUT2D eigenvalue weighted by atomic mass is 35.5. The summed E-state index contributed by atoms with van der Waals surface area (Å²) in [6.45, 7) is 1.57. The monoisotopic (exact) mass is 367 g/mol. The van der Waals surface area contributed by atoms with Crippen LogP contribution in [0.3, 0.4) is 0 Å². The number of fused-ring (bicyclic) bond motifs is 1. The number of ether oxygens (including phenoxy) is 1. The second-order valence-electron chi connectivity index (χ2n) is 5.94. The third-order valence-electron chi connectivity index (χ3n) is 4.08. The number of nitrogens with one attached hydrogen (secondary N) is 1. The minimum Gasteiger partial charge on any atom is -0.452 e. The van der Waals surface area contributed by atoms with Crippen LogP contribution in [0.5, 0.6) is 0 Å². The molecule has 0 aromatic heterocycles. The zero-order valence-electron chi connectivity index (χ0n) is 14.2. The van der Waals surface area contributed by atoms with Crippen molar-refractivity contribution >= 4 is 34.2 Å². The van der Waals surface area contributed by atoms with Crippen molar-refractivity contribution in [2.24, 2.45) is 0 Å². The number of hydrogen-bond acceptors (Lipinski definition) is 3. The molecule has 0 fully saturated rings. The molecule has 5 heteroatoms. The molecule has 3 aromatic rings. The standard InChI is InChI=1S/C21H18ClNO3/c1-14(18-8-4-6-15-5-2-3-7-19(15)18)23-20(24)13-26-21(25)16-9-11-17(22)12-10-16/h2-12,14H,13H2,1H3,(H,23,24)/t14-/m0/s1. The number of rotatable bonds is 5. The van der Waals surface area contributed by atoms with Crippen molar-refractivity contribution in [3.8, 4) is 0 Å². The Morgan fingerprint density at radius 2 is 1.69 bits per heavy atom. The fourth-order valence-electron chi connectivity index (χ4n) is 2.79. The summed E-state index contributed by atoms with van der Waals surface area (Å²) < 4.78 is 5.06. The van der Waals surface area contributed by atoms with Crippen LogP contribution in [-0.2, 0) is 9.53 Å². The lowest BCUT2D eigenvalue weighted by atomic mass is 10.00. The van der Waals surface area contributed by atoms with Gasteiger partial charge >= 0.3 is 5.97 Å². The average Bonchev–Trinajstić information content (AvgIpc) is 2.66. The molecule has 0 saturated heterocycles. The van der Waals surface area contributed by atoms with E-state index >= 15 is 0 Å². The molecule has 0 spiro atoms. The second kappa shape index (κ2) is 8.02. The fourth-order valence-corrected chi connectivity index (χ4v) is 2.92.